The Morgan fingerprint density at radius 2 is 2.03 bits per heavy atom. The molecular weight excluding hydrogens is 400 g/mol. The molecule has 1 fully saturated rings. The zero-order chi connectivity index (χ0) is 20.8. The highest BCUT2D eigenvalue weighted by Crippen LogP contribution is 2.36. The minimum absolute atomic E-state index is 0.139. The lowest BCUT2D eigenvalue weighted by atomic mass is 10.0. The number of nitrogens with zero attached hydrogens (tertiary/aromatic N) is 4. The van der Waals surface area contributed by atoms with Gasteiger partial charge in [-0.05, 0) is 56.5 Å². The summed E-state index contributed by atoms with van der Waals surface area (Å²) in [5.74, 6) is 0.578. The van der Waals surface area contributed by atoms with Gasteiger partial charge in [0.1, 0.15) is 11.3 Å². The summed E-state index contributed by atoms with van der Waals surface area (Å²) in [5, 5.41) is 12.8. The van der Waals surface area contributed by atoms with Gasteiger partial charge in [0.05, 0.1) is 29.0 Å². The van der Waals surface area contributed by atoms with E-state index in [4.69, 9.17) is 21.3 Å². The molecule has 3 aromatic heterocycles. The predicted molar refractivity (Wildman–Crippen MR) is 117 cm³/mol. The molecule has 1 aliphatic rings. The second kappa shape index (κ2) is 7.61. The summed E-state index contributed by atoms with van der Waals surface area (Å²) in [6.45, 7) is 4.73. The van der Waals surface area contributed by atoms with Crippen LogP contribution in [0, 0.1) is 6.92 Å². The first-order valence-corrected chi connectivity index (χ1v) is 10.6. The number of hydrogen-bond donors (Lipinski definition) is 1. The van der Waals surface area contributed by atoms with Crippen LogP contribution in [0.5, 0.6) is 0 Å². The third kappa shape index (κ3) is 3.35. The van der Waals surface area contributed by atoms with E-state index < -0.39 is 6.10 Å². The predicted octanol–water partition coefficient (Wildman–Crippen LogP) is 4.76. The average molecular weight is 423 g/mol. The highest BCUT2D eigenvalue weighted by Gasteiger charge is 2.29. The number of imidazole rings is 1. The van der Waals surface area contributed by atoms with E-state index in [1.165, 1.54) is 0 Å². The van der Waals surface area contributed by atoms with Gasteiger partial charge in [0.2, 0.25) is 0 Å². The number of pyridine rings is 2. The number of aromatic nitrogens is 4. The molecule has 4 aromatic rings. The molecule has 5 rings (SSSR count). The van der Waals surface area contributed by atoms with Crippen LogP contribution in [-0.2, 0) is 4.74 Å². The van der Waals surface area contributed by atoms with E-state index in [-0.39, 0.29) is 12.1 Å². The molecule has 0 amide bonds. The summed E-state index contributed by atoms with van der Waals surface area (Å²) in [6.07, 6.45) is 4.42. The summed E-state index contributed by atoms with van der Waals surface area (Å²) < 4.78 is 7.95. The second-order valence-electron chi connectivity index (χ2n) is 8.02. The second-order valence-corrected chi connectivity index (χ2v) is 8.45. The molecule has 1 saturated heterocycles. The number of aliphatic hydroxyl groups excluding tert-OH is 1. The highest BCUT2D eigenvalue weighted by molar-refractivity contribution is 6.31. The lowest BCUT2D eigenvalue weighted by Crippen LogP contribution is -2.27. The van der Waals surface area contributed by atoms with Crippen molar-refractivity contribution in [2.75, 3.05) is 6.61 Å². The van der Waals surface area contributed by atoms with Gasteiger partial charge in [0, 0.05) is 29.3 Å². The van der Waals surface area contributed by atoms with Gasteiger partial charge in [-0.3, -0.25) is 9.97 Å². The van der Waals surface area contributed by atoms with Crippen LogP contribution in [0.15, 0.2) is 42.7 Å². The van der Waals surface area contributed by atoms with E-state index in [9.17, 15) is 5.11 Å². The van der Waals surface area contributed by atoms with E-state index in [0.29, 0.717) is 23.1 Å². The van der Waals surface area contributed by atoms with E-state index in [0.717, 1.165) is 40.3 Å². The van der Waals surface area contributed by atoms with Crippen LogP contribution >= 0.6 is 11.6 Å². The van der Waals surface area contributed by atoms with Crippen LogP contribution in [0.1, 0.15) is 49.0 Å². The van der Waals surface area contributed by atoms with Gasteiger partial charge >= 0.3 is 0 Å². The Kier molecular flexibility index (Phi) is 4.93. The molecule has 6 nitrogen and oxygen atoms in total. The lowest BCUT2D eigenvalue weighted by molar-refractivity contribution is 0.00517. The molecule has 30 heavy (non-hydrogen) atoms. The molecule has 0 radical (unpaired) electrons. The van der Waals surface area contributed by atoms with Gasteiger partial charge in [0.25, 0.3) is 0 Å². The van der Waals surface area contributed by atoms with Crippen molar-refractivity contribution in [3.8, 4) is 0 Å². The molecule has 7 heteroatoms. The Morgan fingerprint density at radius 3 is 2.80 bits per heavy atom. The van der Waals surface area contributed by atoms with Crippen molar-refractivity contribution in [3.63, 3.8) is 0 Å². The van der Waals surface area contributed by atoms with Crippen LogP contribution in [0.25, 0.3) is 21.9 Å². The molecule has 0 aliphatic carbocycles. The monoisotopic (exact) mass is 422 g/mol. The smallest absolute Gasteiger partial charge is 0.154 e. The molecule has 154 valence electrons. The van der Waals surface area contributed by atoms with Crippen molar-refractivity contribution < 1.29 is 9.84 Å². The average Bonchev–Trinajstić information content (AvgIpc) is 3.14. The van der Waals surface area contributed by atoms with E-state index in [1.807, 2.05) is 37.3 Å². The van der Waals surface area contributed by atoms with Crippen molar-refractivity contribution in [3.05, 3.63) is 64.8 Å². The summed E-state index contributed by atoms with van der Waals surface area (Å²) in [4.78, 5) is 13.8. The number of aliphatic hydroxyl groups is 1. The lowest BCUT2D eigenvalue weighted by Gasteiger charge is -2.30. The quantitative estimate of drug-likeness (QED) is 0.515. The summed E-state index contributed by atoms with van der Waals surface area (Å²) in [6, 6.07) is 9.63. The Morgan fingerprint density at radius 1 is 1.17 bits per heavy atom. The summed E-state index contributed by atoms with van der Waals surface area (Å²) in [7, 11) is 0. The maximum Gasteiger partial charge on any atom is 0.154 e. The molecule has 1 N–H and O–H groups in total. The maximum atomic E-state index is 11.3. The fraction of sp³-hybridized carbons (Fsp3) is 0.348. The van der Waals surface area contributed by atoms with E-state index in [2.05, 4.69) is 21.5 Å². The first-order valence-electron chi connectivity index (χ1n) is 10.2. The summed E-state index contributed by atoms with van der Waals surface area (Å²) in [5.41, 5.74) is 4.16. The SMILES string of the molecule is Cc1ccc(C(O)c2nc3cnc4ccc(Cl)cc4c3n2[C@@H]2CCO[C@H](C)C2)nc1. The number of halogens is 1. The van der Waals surface area contributed by atoms with Crippen LogP contribution in [-0.4, -0.2) is 37.3 Å². The standard InChI is InChI=1S/C23H23ClN4O2/c1-13-3-5-19(25-11-13)22(29)23-27-20-12-26-18-6-4-15(24)10-17(18)21(20)28(23)16-7-8-30-14(2)9-16/h3-6,10-12,14,16,22,29H,7-9H2,1-2H3/t14-,16-,22?/m1/s1. The minimum Gasteiger partial charge on any atom is -0.379 e. The molecule has 3 atom stereocenters. The fourth-order valence-electron chi connectivity index (χ4n) is 4.31. The molecule has 1 unspecified atom stereocenters. The van der Waals surface area contributed by atoms with Crippen molar-refractivity contribution in [2.45, 2.75) is 44.9 Å². The van der Waals surface area contributed by atoms with Crippen LogP contribution in [0.4, 0.5) is 0 Å². The molecule has 0 spiro atoms. The number of fused-ring (bicyclic) bond motifs is 3. The number of hydrogen-bond acceptors (Lipinski definition) is 5. The number of aryl methyl sites for hydroxylation is 1. The highest BCUT2D eigenvalue weighted by atomic mass is 35.5. The van der Waals surface area contributed by atoms with Crippen LogP contribution in [0.2, 0.25) is 5.02 Å². The molecule has 1 aliphatic heterocycles. The van der Waals surface area contributed by atoms with E-state index >= 15 is 0 Å². The third-order valence-corrected chi connectivity index (χ3v) is 6.02. The Labute approximate surface area is 179 Å². The fourth-order valence-corrected chi connectivity index (χ4v) is 4.48. The zero-order valence-electron chi connectivity index (χ0n) is 16.9. The Hall–Kier alpha value is -2.54. The number of benzene rings is 1. The zero-order valence-corrected chi connectivity index (χ0v) is 17.7. The van der Waals surface area contributed by atoms with Gasteiger partial charge in [0.15, 0.2) is 6.10 Å². The van der Waals surface area contributed by atoms with Crippen molar-refractivity contribution in [2.24, 2.45) is 0 Å². The molecule has 0 bridgehead atoms. The van der Waals surface area contributed by atoms with Crippen LogP contribution < -0.4 is 0 Å². The largest absolute Gasteiger partial charge is 0.379 e. The number of ether oxygens (including phenoxy) is 1. The van der Waals surface area contributed by atoms with Crippen molar-refractivity contribution >= 4 is 33.5 Å². The van der Waals surface area contributed by atoms with Crippen LogP contribution in [0.3, 0.4) is 0 Å². The first kappa shape index (κ1) is 19.4. The molecule has 4 heterocycles. The van der Waals surface area contributed by atoms with E-state index in [1.54, 1.807) is 12.4 Å². The minimum atomic E-state index is -0.939. The van der Waals surface area contributed by atoms with Gasteiger partial charge < -0.3 is 14.4 Å². The summed E-state index contributed by atoms with van der Waals surface area (Å²) >= 11 is 6.32. The molecule has 0 saturated carbocycles. The normalized spacial score (nSPS) is 20.7. The van der Waals surface area contributed by atoms with Crippen molar-refractivity contribution in [1.82, 2.24) is 19.5 Å². The third-order valence-electron chi connectivity index (χ3n) is 5.79. The van der Waals surface area contributed by atoms with Gasteiger partial charge in [-0.2, -0.15) is 0 Å². The van der Waals surface area contributed by atoms with Gasteiger partial charge in [-0.1, -0.05) is 17.7 Å². The van der Waals surface area contributed by atoms with Gasteiger partial charge in [-0.25, -0.2) is 4.98 Å². The van der Waals surface area contributed by atoms with Crippen molar-refractivity contribution in [1.29, 1.82) is 0 Å². The number of rotatable bonds is 3. The Bertz CT molecular complexity index is 1220. The Balaban J connectivity index is 1.77. The first-order chi connectivity index (χ1) is 14.5. The topological polar surface area (TPSA) is 73.1 Å². The van der Waals surface area contributed by atoms with Gasteiger partial charge in [-0.15, -0.1) is 0 Å². The molecular formula is C23H23ClN4O2. The maximum absolute atomic E-state index is 11.3. The molecule has 1 aromatic carbocycles.